The van der Waals surface area contributed by atoms with Crippen LogP contribution in [0.15, 0.2) is 24.3 Å². The molecule has 1 aromatic carbocycles. The number of methoxy groups -OCH3 is 2. The maximum Gasteiger partial charge on any atom is 0.190 e. The van der Waals surface area contributed by atoms with Gasteiger partial charge in [-0.25, -0.2) is 4.98 Å². The zero-order valence-electron chi connectivity index (χ0n) is 11.9. The number of rotatable bonds is 6. The fourth-order valence-corrected chi connectivity index (χ4v) is 2.85. The van der Waals surface area contributed by atoms with Crippen LogP contribution in [0, 0.1) is 0 Å². The van der Waals surface area contributed by atoms with E-state index in [0.717, 1.165) is 27.1 Å². The lowest BCUT2D eigenvalue weighted by Gasteiger charge is -2.18. The minimum Gasteiger partial charge on any atom is -0.495 e. The maximum absolute atomic E-state index is 5.76. The Morgan fingerprint density at radius 1 is 1.30 bits per heavy atom. The van der Waals surface area contributed by atoms with Crippen LogP contribution in [-0.2, 0) is 17.9 Å². The molecule has 1 heterocycles. The third-order valence-electron chi connectivity index (χ3n) is 2.97. The summed E-state index contributed by atoms with van der Waals surface area (Å²) in [5, 5.41) is 0.877. The van der Waals surface area contributed by atoms with Crippen LogP contribution in [0.3, 0.4) is 0 Å². The second-order valence-corrected chi connectivity index (χ2v) is 5.30. The summed E-state index contributed by atoms with van der Waals surface area (Å²) in [6.07, 6.45) is 0. The lowest BCUT2D eigenvalue weighted by Crippen LogP contribution is -2.10. The number of ether oxygens (including phenoxy) is 2. The van der Waals surface area contributed by atoms with E-state index in [-0.39, 0.29) is 0 Å². The molecule has 0 aliphatic carbocycles. The van der Waals surface area contributed by atoms with Gasteiger partial charge in [-0.1, -0.05) is 23.5 Å². The first-order chi connectivity index (χ1) is 9.71. The number of hydrogen-bond acceptors (Lipinski definition) is 6. The molecule has 2 aromatic rings. The predicted octanol–water partition coefficient (Wildman–Crippen LogP) is 2.52. The molecule has 5 nitrogen and oxygen atoms in total. The number of hydrogen-bond donors (Lipinski definition) is 1. The van der Waals surface area contributed by atoms with Gasteiger partial charge in [-0.2, -0.15) is 0 Å². The van der Waals surface area contributed by atoms with Crippen LogP contribution in [0.5, 0.6) is 5.75 Å². The standard InChI is InChI=1S/C14H19N3O2S/c1-17(11-6-4-5-7-12(11)19-3)14-16-10(9-18-2)13(8-15)20-14/h4-7H,8-9,15H2,1-3H3. The lowest BCUT2D eigenvalue weighted by molar-refractivity contribution is 0.181. The molecule has 6 heteroatoms. The van der Waals surface area contributed by atoms with E-state index in [9.17, 15) is 0 Å². The molecule has 0 spiro atoms. The van der Waals surface area contributed by atoms with Crippen molar-refractivity contribution in [1.82, 2.24) is 4.98 Å². The summed E-state index contributed by atoms with van der Waals surface area (Å²) in [6, 6.07) is 7.85. The maximum atomic E-state index is 5.76. The number of thiazole rings is 1. The van der Waals surface area contributed by atoms with Crippen molar-refractivity contribution in [1.29, 1.82) is 0 Å². The Morgan fingerprint density at radius 2 is 2.05 bits per heavy atom. The summed E-state index contributed by atoms with van der Waals surface area (Å²) in [6.45, 7) is 0.943. The molecule has 0 saturated carbocycles. The Labute approximate surface area is 123 Å². The molecule has 0 radical (unpaired) electrons. The van der Waals surface area contributed by atoms with Crippen molar-refractivity contribution in [2.75, 3.05) is 26.2 Å². The molecular formula is C14H19N3O2S. The average Bonchev–Trinajstić information content (AvgIpc) is 2.90. The van der Waals surface area contributed by atoms with Crippen LogP contribution >= 0.6 is 11.3 Å². The van der Waals surface area contributed by atoms with E-state index in [1.807, 2.05) is 36.2 Å². The van der Waals surface area contributed by atoms with Gasteiger partial charge >= 0.3 is 0 Å². The normalized spacial score (nSPS) is 10.6. The Hall–Kier alpha value is -1.63. The van der Waals surface area contributed by atoms with E-state index in [0.29, 0.717) is 13.2 Å². The summed E-state index contributed by atoms with van der Waals surface area (Å²) in [5.41, 5.74) is 7.63. The summed E-state index contributed by atoms with van der Waals surface area (Å²) in [4.78, 5) is 7.65. The number of anilines is 2. The van der Waals surface area contributed by atoms with Gasteiger partial charge in [0.25, 0.3) is 0 Å². The van der Waals surface area contributed by atoms with Crippen LogP contribution < -0.4 is 15.4 Å². The third-order valence-corrected chi connectivity index (χ3v) is 4.16. The van der Waals surface area contributed by atoms with Gasteiger partial charge in [0.2, 0.25) is 0 Å². The van der Waals surface area contributed by atoms with Crippen LogP contribution in [0.2, 0.25) is 0 Å². The quantitative estimate of drug-likeness (QED) is 0.887. The van der Waals surface area contributed by atoms with Crippen molar-refractivity contribution >= 4 is 22.2 Å². The Bertz CT molecular complexity index is 571. The topological polar surface area (TPSA) is 60.6 Å². The molecular weight excluding hydrogens is 274 g/mol. The summed E-state index contributed by atoms with van der Waals surface area (Å²) in [7, 11) is 5.28. The number of nitrogens with zero attached hydrogens (tertiary/aromatic N) is 2. The zero-order chi connectivity index (χ0) is 14.5. The largest absolute Gasteiger partial charge is 0.495 e. The van der Waals surface area contributed by atoms with Crippen LogP contribution in [0.1, 0.15) is 10.6 Å². The summed E-state index contributed by atoms with van der Waals surface area (Å²) < 4.78 is 10.5. The molecule has 0 atom stereocenters. The van der Waals surface area contributed by atoms with Crippen molar-refractivity contribution in [3.8, 4) is 5.75 Å². The summed E-state index contributed by atoms with van der Waals surface area (Å²) >= 11 is 1.58. The van der Waals surface area contributed by atoms with E-state index in [2.05, 4.69) is 4.98 Å². The number of para-hydroxylation sites is 2. The number of aromatic nitrogens is 1. The van der Waals surface area contributed by atoms with Crippen molar-refractivity contribution in [3.63, 3.8) is 0 Å². The highest BCUT2D eigenvalue weighted by Gasteiger charge is 2.16. The Balaban J connectivity index is 2.35. The molecule has 0 saturated heterocycles. The van der Waals surface area contributed by atoms with Crippen molar-refractivity contribution < 1.29 is 9.47 Å². The van der Waals surface area contributed by atoms with Gasteiger partial charge in [-0.3, -0.25) is 0 Å². The highest BCUT2D eigenvalue weighted by Crippen LogP contribution is 2.35. The van der Waals surface area contributed by atoms with E-state index in [1.54, 1.807) is 25.6 Å². The van der Waals surface area contributed by atoms with Gasteiger partial charge in [0.15, 0.2) is 5.13 Å². The van der Waals surface area contributed by atoms with Crippen molar-refractivity contribution in [2.24, 2.45) is 5.73 Å². The van der Waals surface area contributed by atoms with Crippen LogP contribution in [0.4, 0.5) is 10.8 Å². The molecule has 2 N–H and O–H groups in total. The van der Waals surface area contributed by atoms with E-state index < -0.39 is 0 Å². The highest BCUT2D eigenvalue weighted by molar-refractivity contribution is 7.15. The molecule has 108 valence electrons. The zero-order valence-corrected chi connectivity index (χ0v) is 12.7. The van der Waals surface area contributed by atoms with Gasteiger partial charge in [0, 0.05) is 25.6 Å². The van der Waals surface area contributed by atoms with Gasteiger partial charge in [0.05, 0.1) is 25.1 Å². The van der Waals surface area contributed by atoms with Crippen LogP contribution in [0.25, 0.3) is 0 Å². The molecule has 20 heavy (non-hydrogen) atoms. The molecule has 0 aliphatic heterocycles. The minimum atomic E-state index is 0.468. The molecule has 0 bridgehead atoms. The van der Waals surface area contributed by atoms with Crippen LogP contribution in [-0.4, -0.2) is 26.3 Å². The lowest BCUT2D eigenvalue weighted by atomic mass is 10.3. The van der Waals surface area contributed by atoms with Crippen molar-refractivity contribution in [2.45, 2.75) is 13.2 Å². The monoisotopic (exact) mass is 293 g/mol. The first-order valence-corrected chi connectivity index (χ1v) is 7.07. The third kappa shape index (κ3) is 2.92. The second kappa shape index (κ2) is 6.69. The van der Waals surface area contributed by atoms with Gasteiger partial charge in [-0.05, 0) is 12.1 Å². The van der Waals surface area contributed by atoms with E-state index in [4.69, 9.17) is 15.2 Å². The van der Waals surface area contributed by atoms with Gasteiger partial charge in [0.1, 0.15) is 5.75 Å². The molecule has 2 rings (SSSR count). The average molecular weight is 293 g/mol. The number of nitrogens with two attached hydrogens (primary N) is 1. The molecule has 0 aliphatic rings. The Morgan fingerprint density at radius 3 is 2.70 bits per heavy atom. The molecule has 1 aromatic heterocycles. The molecule has 0 unspecified atom stereocenters. The Kier molecular flexibility index (Phi) is 4.94. The first-order valence-electron chi connectivity index (χ1n) is 6.25. The molecule has 0 fully saturated rings. The summed E-state index contributed by atoms with van der Waals surface area (Å²) in [5.74, 6) is 0.813. The second-order valence-electron chi connectivity index (χ2n) is 4.23. The van der Waals surface area contributed by atoms with E-state index >= 15 is 0 Å². The fourth-order valence-electron chi connectivity index (χ4n) is 1.93. The fraction of sp³-hybridized carbons (Fsp3) is 0.357. The predicted molar refractivity (Wildman–Crippen MR) is 81.8 cm³/mol. The highest BCUT2D eigenvalue weighted by atomic mass is 32.1. The minimum absolute atomic E-state index is 0.468. The van der Waals surface area contributed by atoms with E-state index in [1.165, 1.54) is 0 Å². The molecule has 0 amide bonds. The number of benzene rings is 1. The van der Waals surface area contributed by atoms with Gasteiger partial charge in [-0.15, -0.1) is 0 Å². The smallest absolute Gasteiger partial charge is 0.190 e. The van der Waals surface area contributed by atoms with Crippen molar-refractivity contribution in [3.05, 3.63) is 34.8 Å². The SMILES string of the molecule is COCc1nc(N(C)c2ccccc2OC)sc1CN. The van der Waals surface area contributed by atoms with Gasteiger partial charge < -0.3 is 20.1 Å². The first kappa shape index (κ1) is 14.8.